The monoisotopic (exact) mass is 297 g/mol. The van der Waals surface area contributed by atoms with Crippen LogP contribution in [0.1, 0.15) is 12.8 Å². The van der Waals surface area contributed by atoms with Crippen molar-refractivity contribution in [1.29, 1.82) is 0 Å². The van der Waals surface area contributed by atoms with Gasteiger partial charge in [-0.05, 0) is 24.6 Å². The maximum Gasteiger partial charge on any atom is 0.249 e. The first-order chi connectivity index (χ1) is 9.60. The van der Waals surface area contributed by atoms with Gasteiger partial charge >= 0.3 is 0 Å². The molecule has 0 saturated carbocycles. The van der Waals surface area contributed by atoms with Gasteiger partial charge in [-0.2, -0.15) is 0 Å². The molecule has 1 aliphatic rings. The lowest BCUT2D eigenvalue weighted by Crippen LogP contribution is -2.47. The molecule has 4 N–H and O–H groups in total. The molecule has 0 spiro atoms. The van der Waals surface area contributed by atoms with Gasteiger partial charge in [-0.15, -0.1) is 0 Å². The zero-order valence-corrected chi connectivity index (χ0v) is 11.5. The van der Waals surface area contributed by atoms with Crippen LogP contribution >= 0.6 is 11.6 Å². The first-order valence-electron chi connectivity index (χ1n) is 6.34. The molecule has 0 bridgehead atoms. The second kappa shape index (κ2) is 6.58. The number of halogens is 1. The molecule has 0 radical (unpaired) electrons. The highest BCUT2D eigenvalue weighted by molar-refractivity contribution is 6.33. The number of aliphatic hydroxyl groups excluding tert-OH is 1. The fourth-order valence-electron chi connectivity index (χ4n) is 1.97. The highest BCUT2D eigenvalue weighted by atomic mass is 35.5. The van der Waals surface area contributed by atoms with Gasteiger partial charge in [0.05, 0.1) is 17.3 Å². The van der Waals surface area contributed by atoms with E-state index in [2.05, 4.69) is 16.0 Å². The Labute approximate surface area is 121 Å². The third-order valence-corrected chi connectivity index (χ3v) is 3.29. The third kappa shape index (κ3) is 3.61. The van der Waals surface area contributed by atoms with Gasteiger partial charge in [-0.3, -0.25) is 14.9 Å². The Bertz CT molecular complexity index is 522. The summed E-state index contributed by atoms with van der Waals surface area (Å²) < 4.78 is 0. The molecule has 1 fully saturated rings. The summed E-state index contributed by atoms with van der Waals surface area (Å²) in [4.78, 5) is 22.7. The molecule has 7 heteroatoms. The van der Waals surface area contributed by atoms with Crippen molar-refractivity contribution in [2.75, 3.05) is 23.8 Å². The van der Waals surface area contributed by atoms with E-state index >= 15 is 0 Å². The third-order valence-electron chi connectivity index (χ3n) is 2.98. The number of anilines is 2. The number of benzene rings is 1. The summed E-state index contributed by atoms with van der Waals surface area (Å²) in [6, 6.07) is 4.83. The van der Waals surface area contributed by atoms with E-state index in [1.165, 1.54) is 0 Å². The van der Waals surface area contributed by atoms with E-state index in [-0.39, 0.29) is 18.4 Å². The number of hydrogen-bond acceptors (Lipinski definition) is 5. The Hall–Kier alpha value is -1.79. The summed E-state index contributed by atoms with van der Waals surface area (Å²) in [6.07, 6.45) is 0.792. The molecule has 1 aliphatic heterocycles. The first kappa shape index (κ1) is 14.6. The van der Waals surface area contributed by atoms with Crippen molar-refractivity contribution < 1.29 is 14.7 Å². The summed E-state index contributed by atoms with van der Waals surface area (Å²) in [5, 5.41) is 17.6. The van der Waals surface area contributed by atoms with Crippen LogP contribution in [0.5, 0.6) is 0 Å². The number of carbonyl (C=O) groups excluding carboxylic acids is 2. The Morgan fingerprint density at radius 3 is 2.85 bits per heavy atom. The minimum absolute atomic E-state index is 0.0204. The largest absolute Gasteiger partial charge is 0.395 e. The van der Waals surface area contributed by atoms with Gasteiger partial charge < -0.3 is 15.7 Å². The Morgan fingerprint density at radius 2 is 2.20 bits per heavy atom. The van der Waals surface area contributed by atoms with Crippen molar-refractivity contribution in [3.8, 4) is 0 Å². The van der Waals surface area contributed by atoms with Crippen LogP contribution in [-0.2, 0) is 9.59 Å². The first-order valence-corrected chi connectivity index (χ1v) is 6.72. The SMILES string of the molecule is O=C1CCC(Nc2ccc(NCCO)c(Cl)c2)C(=O)N1. The second-order valence-electron chi connectivity index (χ2n) is 4.49. The average molecular weight is 298 g/mol. The van der Waals surface area contributed by atoms with Crippen LogP contribution in [0, 0.1) is 0 Å². The highest BCUT2D eigenvalue weighted by Crippen LogP contribution is 2.26. The lowest BCUT2D eigenvalue weighted by Gasteiger charge is -2.23. The van der Waals surface area contributed by atoms with E-state index in [9.17, 15) is 9.59 Å². The van der Waals surface area contributed by atoms with E-state index in [1.807, 2.05) is 0 Å². The summed E-state index contributed by atoms with van der Waals surface area (Å²) in [6.45, 7) is 0.437. The van der Waals surface area contributed by atoms with Crippen molar-refractivity contribution in [2.24, 2.45) is 0 Å². The van der Waals surface area contributed by atoms with Gasteiger partial charge in [-0.1, -0.05) is 11.6 Å². The number of nitrogens with one attached hydrogen (secondary N) is 3. The van der Waals surface area contributed by atoms with E-state index in [4.69, 9.17) is 16.7 Å². The molecule has 1 unspecified atom stereocenters. The second-order valence-corrected chi connectivity index (χ2v) is 4.90. The molecule has 1 heterocycles. The number of piperidine rings is 1. The van der Waals surface area contributed by atoms with Crippen LogP contribution in [0.3, 0.4) is 0 Å². The number of rotatable bonds is 5. The molecule has 1 aromatic rings. The minimum Gasteiger partial charge on any atom is -0.395 e. The maximum absolute atomic E-state index is 11.6. The van der Waals surface area contributed by atoms with Gasteiger partial charge in [0.2, 0.25) is 11.8 Å². The van der Waals surface area contributed by atoms with Gasteiger partial charge in [0.25, 0.3) is 0 Å². The summed E-state index contributed by atoms with van der Waals surface area (Å²) in [7, 11) is 0. The van der Waals surface area contributed by atoms with Crippen molar-refractivity contribution in [3.63, 3.8) is 0 Å². The van der Waals surface area contributed by atoms with Crippen LogP contribution in [0.15, 0.2) is 18.2 Å². The predicted molar refractivity (Wildman–Crippen MR) is 76.8 cm³/mol. The smallest absolute Gasteiger partial charge is 0.249 e. The molecule has 20 heavy (non-hydrogen) atoms. The van der Waals surface area contributed by atoms with E-state index < -0.39 is 6.04 Å². The summed E-state index contributed by atoms with van der Waals surface area (Å²) in [5.74, 6) is -0.561. The van der Waals surface area contributed by atoms with Crippen LogP contribution in [0.25, 0.3) is 0 Å². The average Bonchev–Trinajstić information content (AvgIpc) is 2.41. The van der Waals surface area contributed by atoms with Crippen LogP contribution in [-0.4, -0.2) is 36.1 Å². The van der Waals surface area contributed by atoms with Gasteiger partial charge in [0.15, 0.2) is 0 Å². The quantitative estimate of drug-likeness (QED) is 0.608. The van der Waals surface area contributed by atoms with E-state index in [1.54, 1.807) is 18.2 Å². The maximum atomic E-state index is 11.6. The van der Waals surface area contributed by atoms with Crippen molar-refractivity contribution in [3.05, 3.63) is 23.2 Å². The zero-order chi connectivity index (χ0) is 14.5. The van der Waals surface area contributed by atoms with Gasteiger partial charge in [0, 0.05) is 18.7 Å². The number of hydrogen-bond donors (Lipinski definition) is 4. The van der Waals surface area contributed by atoms with Crippen molar-refractivity contribution in [2.45, 2.75) is 18.9 Å². The fraction of sp³-hybridized carbons (Fsp3) is 0.385. The molecule has 6 nitrogen and oxygen atoms in total. The Kier molecular flexibility index (Phi) is 4.81. The van der Waals surface area contributed by atoms with Gasteiger partial charge in [-0.25, -0.2) is 0 Å². The zero-order valence-electron chi connectivity index (χ0n) is 10.8. The molecule has 2 amide bonds. The molecular formula is C13H16ClN3O3. The lowest BCUT2D eigenvalue weighted by molar-refractivity contribution is -0.133. The minimum atomic E-state index is -0.431. The predicted octanol–water partition coefficient (Wildman–Crippen LogP) is 0.961. The fourth-order valence-corrected chi connectivity index (χ4v) is 2.22. The van der Waals surface area contributed by atoms with E-state index in [0.717, 1.165) is 5.69 Å². The van der Waals surface area contributed by atoms with Crippen LogP contribution in [0.4, 0.5) is 11.4 Å². The summed E-state index contributed by atoms with van der Waals surface area (Å²) >= 11 is 6.10. The highest BCUT2D eigenvalue weighted by Gasteiger charge is 2.26. The number of amides is 2. The molecule has 0 aromatic heterocycles. The molecule has 1 aromatic carbocycles. The number of aliphatic hydroxyl groups is 1. The Balaban J connectivity index is 2.01. The molecule has 2 rings (SSSR count). The van der Waals surface area contributed by atoms with Crippen molar-refractivity contribution in [1.82, 2.24) is 5.32 Å². The van der Waals surface area contributed by atoms with Crippen LogP contribution in [0.2, 0.25) is 5.02 Å². The standard InChI is InChI=1S/C13H16ClN3O3/c14-9-7-8(1-2-10(9)15-5-6-18)16-11-3-4-12(19)17-13(11)20/h1-2,7,11,15-16,18H,3-6H2,(H,17,19,20). The molecule has 0 aliphatic carbocycles. The van der Waals surface area contributed by atoms with Gasteiger partial charge in [0.1, 0.15) is 6.04 Å². The molecule has 108 valence electrons. The number of imide groups is 1. The molecule has 1 atom stereocenters. The molecular weight excluding hydrogens is 282 g/mol. The van der Waals surface area contributed by atoms with E-state index in [0.29, 0.717) is 30.1 Å². The van der Waals surface area contributed by atoms with Crippen LogP contribution < -0.4 is 16.0 Å². The lowest BCUT2D eigenvalue weighted by atomic mass is 10.1. The normalized spacial score (nSPS) is 18.6. The topological polar surface area (TPSA) is 90.5 Å². The van der Waals surface area contributed by atoms with Crippen molar-refractivity contribution >= 4 is 34.8 Å². The summed E-state index contributed by atoms with van der Waals surface area (Å²) in [5.41, 5.74) is 1.42. The Morgan fingerprint density at radius 1 is 1.40 bits per heavy atom. The molecule has 1 saturated heterocycles. The number of carbonyl (C=O) groups is 2.